The lowest BCUT2D eigenvalue weighted by Gasteiger charge is -2.32. The van der Waals surface area contributed by atoms with Gasteiger partial charge < -0.3 is 14.6 Å². The Labute approximate surface area is 125 Å². The highest BCUT2D eigenvalue weighted by Gasteiger charge is 2.54. The third-order valence-electron chi connectivity index (χ3n) is 5.43. The fraction of sp³-hybridized carbons (Fsp3) is 0.562. The molecular weight excluding hydrogens is 265 g/mol. The summed E-state index contributed by atoms with van der Waals surface area (Å²) in [6.45, 7) is 8.14. The van der Waals surface area contributed by atoms with Gasteiger partial charge in [0.05, 0.1) is 16.7 Å². The number of rotatable bonds is 1. The molecule has 1 aromatic carbocycles. The molecule has 0 unspecified atom stereocenters. The summed E-state index contributed by atoms with van der Waals surface area (Å²) in [6, 6.07) is 6.02. The third kappa shape index (κ3) is 1.74. The van der Waals surface area contributed by atoms with Gasteiger partial charge in [0.1, 0.15) is 0 Å². The van der Waals surface area contributed by atoms with E-state index in [1.165, 1.54) is 0 Å². The van der Waals surface area contributed by atoms with Gasteiger partial charge in [0.25, 0.3) is 5.91 Å². The van der Waals surface area contributed by atoms with Crippen molar-refractivity contribution in [1.29, 1.82) is 0 Å². The minimum atomic E-state index is -0.413. The van der Waals surface area contributed by atoms with Crippen molar-refractivity contribution in [2.75, 3.05) is 0 Å². The summed E-state index contributed by atoms with van der Waals surface area (Å²) < 4.78 is 12.1. The molecule has 2 aliphatic heterocycles. The number of amides is 1. The molecule has 1 aliphatic carbocycles. The highest BCUT2D eigenvalue weighted by atomic mass is 16.7. The largest absolute Gasteiger partial charge is 0.494 e. The topological polar surface area (TPSA) is 47.6 Å². The zero-order valence-corrected chi connectivity index (χ0v) is 12.9. The van der Waals surface area contributed by atoms with E-state index in [-0.39, 0.29) is 22.6 Å². The Morgan fingerprint density at radius 2 is 1.71 bits per heavy atom. The molecule has 3 aliphatic rings. The molecule has 2 heterocycles. The number of hydrogen-bond donors (Lipinski definition) is 1. The molecule has 0 atom stereocenters. The molecule has 0 aromatic heterocycles. The van der Waals surface area contributed by atoms with Crippen LogP contribution in [0.2, 0.25) is 0 Å². The molecule has 1 amide bonds. The van der Waals surface area contributed by atoms with Crippen molar-refractivity contribution in [2.24, 2.45) is 0 Å². The lowest BCUT2D eigenvalue weighted by atomic mass is 9.77. The minimum Gasteiger partial charge on any atom is -0.399 e. The molecule has 2 fully saturated rings. The molecule has 1 aromatic rings. The normalized spacial score (nSPS) is 26.9. The minimum absolute atomic E-state index is 0.0286. The second kappa shape index (κ2) is 3.71. The van der Waals surface area contributed by atoms with Crippen molar-refractivity contribution >= 4 is 18.5 Å². The van der Waals surface area contributed by atoms with Gasteiger partial charge in [-0.3, -0.25) is 4.79 Å². The Balaban J connectivity index is 1.70. The first-order valence-corrected chi connectivity index (χ1v) is 7.57. The van der Waals surface area contributed by atoms with Crippen LogP contribution < -0.4 is 10.8 Å². The number of hydrogen-bond acceptors (Lipinski definition) is 3. The van der Waals surface area contributed by atoms with E-state index < -0.39 is 7.12 Å². The van der Waals surface area contributed by atoms with E-state index in [1.807, 2.05) is 39.8 Å². The van der Waals surface area contributed by atoms with Crippen LogP contribution in [0.4, 0.5) is 0 Å². The third-order valence-corrected chi connectivity index (χ3v) is 5.43. The van der Waals surface area contributed by atoms with Crippen LogP contribution in [0.3, 0.4) is 0 Å². The molecule has 4 nitrogen and oxygen atoms in total. The molecule has 0 bridgehead atoms. The van der Waals surface area contributed by atoms with Gasteiger partial charge in [0.15, 0.2) is 0 Å². The molecule has 5 heteroatoms. The Morgan fingerprint density at radius 1 is 1.10 bits per heavy atom. The summed E-state index contributed by atoms with van der Waals surface area (Å²) in [5.74, 6) is 0.0286. The summed E-state index contributed by atoms with van der Waals surface area (Å²) in [4.78, 5) is 12.2. The summed E-state index contributed by atoms with van der Waals surface area (Å²) in [6.07, 6.45) is 2.09. The maximum atomic E-state index is 12.2. The van der Waals surface area contributed by atoms with Crippen LogP contribution >= 0.6 is 0 Å². The Bertz CT molecular complexity index is 633. The van der Waals surface area contributed by atoms with Gasteiger partial charge in [-0.1, -0.05) is 12.1 Å². The van der Waals surface area contributed by atoms with Crippen molar-refractivity contribution in [3.8, 4) is 0 Å². The predicted octanol–water partition coefficient (Wildman–Crippen LogP) is 1.72. The summed E-state index contributed by atoms with van der Waals surface area (Å²) in [5, 5.41) is 3.10. The van der Waals surface area contributed by atoms with E-state index in [2.05, 4.69) is 11.4 Å². The molecule has 4 rings (SSSR count). The monoisotopic (exact) mass is 285 g/mol. The highest BCUT2D eigenvalue weighted by molar-refractivity contribution is 6.62. The van der Waals surface area contributed by atoms with Crippen LogP contribution in [0.15, 0.2) is 18.2 Å². The van der Waals surface area contributed by atoms with Gasteiger partial charge >= 0.3 is 7.12 Å². The van der Waals surface area contributed by atoms with Crippen molar-refractivity contribution in [2.45, 2.75) is 57.3 Å². The second-order valence-corrected chi connectivity index (χ2v) is 7.43. The van der Waals surface area contributed by atoms with Crippen molar-refractivity contribution in [3.05, 3.63) is 29.3 Å². The summed E-state index contributed by atoms with van der Waals surface area (Å²) >= 11 is 0. The molecule has 1 saturated heterocycles. The summed E-state index contributed by atoms with van der Waals surface area (Å²) in [5.41, 5.74) is 2.03. The molecule has 1 saturated carbocycles. The number of nitrogens with one attached hydrogen (secondary N) is 1. The van der Waals surface area contributed by atoms with E-state index in [9.17, 15) is 4.79 Å². The van der Waals surface area contributed by atoms with Gasteiger partial charge in [-0.25, -0.2) is 0 Å². The average Bonchev–Trinajstić information content (AvgIpc) is 3.05. The van der Waals surface area contributed by atoms with E-state index in [0.29, 0.717) is 0 Å². The molecule has 1 spiro atoms. The van der Waals surface area contributed by atoms with Crippen molar-refractivity contribution in [3.63, 3.8) is 0 Å². The zero-order chi connectivity index (χ0) is 15.0. The number of fused-ring (bicyclic) bond motifs is 2. The second-order valence-electron chi connectivity index (χ2n) is 7.43. The van der Waals surface area contributed by atoms with Gasteiger partial charge in [-0.2, -0.15) is 0 Å². The van der Waals surface area contributed by atoms with E-state index in [4.69, 9.17) is 9.31 Å². The van der Waals surface area contributed by atoms with Gasteiger partial charge in [0.2, 0.25) is 0 Å². The molecule has 1 N–H and O–H groups in total. The Kier molecular flexibility index (Phi) is 2.36. The smallest absolute Gasteiger partial charge is 0.399 e. The predicted molar refractivity (Wildman–Crippen MR) is 80.5 cm³/mol. The number of carbonyl (C=O) groups is 1. The molecule has 0 radical (unpaired) electrons. The van der Waals surface area contributed by atoms with Crippen molar-refractivity contribution in [1.82, 2.24) is 5.32 Å². The molecule has 110 valence electrons. The quantitative estimate of drug-likeness (QED) is 0.799. The lowest BCUT2D eigenvalue weighted by molar-refractivity contribution is 0.00578. The lowest BCUT2D eigenvalue weighted by Crippen LogP contribution is -2.41. The van der Waals surface area contributed by atoms with Gasteiger partial charge in [-0.05, 0) is 57.6 Å². The van der Waals surface area contributed by atoms with Crippen molar-refractivity contribution < 1.29 is 14.1 Å². The number of carbonyl (C=O) groups excluding carboxylic acids is 1. The van der Waals surface area contributed by atoms with Crippen LogP contribution in [-0.2, 0) is 14.8 Å². The van der Waals surface area contributed by atoms with Crippen LogP contribution in [0.5, 0.6) is 0 Å². The first kappa shape index (κ1) is 13.3. The highest BCUT2D eigenvalue weighted by Crippen LogP contribution is 2.50. The fourth-order valence-electron chi connectivity index (χ4n) is 3.16. The molecule has 21 heavy (non-hydrogen) atoms. The maximum absolute atomic E-state index is 12.2. The fourth-order valence-corrected chi connectivity index (χ4v) is 3.16. The summed E-state index contributed by atoms with van der Waals surface area (Å²) in [7, 11) is -0.413. The van der Waals surface area contributed by atoms with Crippen LogP contribution in [0.25, 0.3) is 0 Å². The maximum Gasteiger partial charge on any atom is 0.494 e. The SMILES string of the molecule is CC1(C)OB(c2ccc3c(c2)C(=O)NC32CC2)OC1(C)C. The zero-order valence-electron chi connectivity index (χ0n) is 12.9. The first-order chi connectivity index (χ1) is 9.74. The average molecular weight is 285 g/mol. The van der Waals surface area contributed by atoms with Gasteiger partial charge in [0, 0.05) is 5.56 Å². The van der Waals surface area contributed by atoms with E-state index >= 15 is 0 Å². The van der Waals surface area contributed by atoms with Crippen LogP contribution in [0.1, 0.15) is 56.5 Å². The molecular formula is C16H20BNO3. The van der Waals surface area contributed by atoms with Crippen LogP contribution in [-0.4, -0.2) is 24.2 Å². The van der Waals surface area contributed by atoms with E-state index in [1.54, 1.807) is 0 Å². The Hall–Kier alpha value is -1.33. The van der Waals surface area contributed by atoms with E-state index in [0.717, 1.165) is 29.4 Å². The standard InChI is InChI=1S/C16H20BNO3/c1-14(2)15(3,4)21-17(20-14)10-5-6-12-11(9-10)13(19)18-16(12)7-8-16/h5-6,9H,7-8H2,1-4H3,(H,18,19). The Morgan fingerprint density at radius 3 is 2.29 bits per heavy atom. The first-order valence-electron chi connectivity index (χ1n) is 7.57. The number of benzene rings is 1. The van der Waals surface area contributed by atoms with Gasteiger partial charge in [-0.15, -0.1) is 0 Å². The van der Waals surface area contributed by atoms with Crippen LogP contribution in [0, 0.1) is 0 Å².